The third-order valence-corrected chi connectivity index (χ3v) is 4.05. The minimum Gasteiger partial charge on any atom is -0.327 e. The number of thiophene rings is 1. The summed E-state index contributed by atoms with van der Waals surface area (Å²) >= 11 is 5.04. The Hall–Kier alpha value is -0.710. The van der Waals surface area contributed by atoms with Crippen LogP contribution in [0.4, 0.5) is 4.39 Å². The van der Waals surface area contributed by atoms with Gasteiger partial charge in [0.15, 0.2) is 0 Å². The number of hydrogen-bond donors (Lipinski definition) is 1. The Kier molecular flexibility index (Phi) is 4.31. The summed E-state index contributed by atoms with van der Waals surface area (Å²) in [7, 11) is 0. The number of rotatable bonds is 4. The average molecular weight is 314 g/mol. The van der Waals surface area contributed by atoms with Gasteiger partial charge in [-0.2, -0.15) is 11.3 Å². The van der Waals surface area contributed by atoms with E-state index in [1.807, 2.05) is 0 Å². The Morgan fingerprint density at radius 3 is 2.76 bits per heavy atom. The molecule has 2 aromatic rings. The Balaban J connectivity index is 2.00. The highest BCUT2D eigenvalue weighted by Crippen LogP contribution is 2.20. The molecule has 0 spiro atoms. The molecule has 0 saturated heterocycles. The van der Waals surface area contributed by atoms with E-state index in [-0.39, 0.29) is 11.9 Å². The van der Waals surface area contributed by atoms with Gasteiger partial charge in [0.2, 0.25) is 0 Å². The van der Waals surface area contributed by atoms with Gasteiger partial charge >= 0.3 is 0 Å². The van der Waals surface area contributed by atoms with Crippen molar-refractivity contribution in [1.82, 2.24) is 0 Å². The molecule has 1 unspecified atom stereocenters. The largest absolute Gasteiger partial charge is 0.327 e. The minimum atomic E-state index is -0.230. The molecule has 2 rings (SSSR count). The highest BCUT2D eigenvalue weighted by molar-refractivity contribution is 9.10. The smallest absolute Gasteiger partial charge is 0.124 e. The Morgan fingerprint density at radius 2 is 2.12 bits per heavy atom. The summed E-state index contributed by atoms with van der Waals surface area (Å²) in [6.45, 7) is 0. The topological polar surface area (TPSA) is 26.0 Å². The SMILES string of the molecule is NC(Cc1ccsc1)Cc1ccc(F)cc1Br. The molecular weight excluding hydrogens is 301 g/mol. The van der Waals surface area contributed by atoms with Crippen LogP contribution in [0.3, 0.4) is 0 Å². The maximum Gasteiger partial charge on any atom is 0.124 e. The first-order valence-corrected chi connectivity index (χ1v) is 7.09. The second kappa shape index (κ2) is 5.76. The van der Waals surface area contributed by atoms with Crippen molar-refractivity contribution in [1.29, 1.82) is 0 Å². The summed E-state index contributed by atoms with van der Waals surface area (Å²) in [6.07, 6.45) is 1.60. The highest BCUT2D eigenvalue weighted by Gasteiger charge is 2.09. The van der Waals surface area contributed by atoms with E-state index in [1.54, 1.807) is 17.4 Å². The van der Waals surface area contributed by atoms with Crippen molar-refractivity contribution < 1.29 is 4.39 Å². The zero-order valence-corrected chi connectivity index (χ0v) is 11.6. The fourth-order valence-electron chi connectivity index (χ4n) is 1.75. The Labute approximate surface area is 113 Å². The van der Waals surface area contributed by atoms with Gasteiger partial charge in [-0.15, -0.1) is 0 Å². The van der Waals surface area contributed by atoms with Crippen molar-refractivity contribution in [2.75, 3.05) is 0 Å². The molecule has 90 valence electrons. The number of halogens is 2. The molecule has 1 atom stereocenters. The molecule has 0 aliphatic rings. The van der Waals surface area contributed by atoms with E-state index >= 15 is 0 Å². The van der Waals surface area contributed by atoms with Crippen molar-refractivity contribution in [2.24, 2.45) is 5.73 Å². The monoisotopic (exact) mass is 313 g/mol. The Morgan fingerprint density at radius 1 is 1.29 bits per heavy atom. The zero-order chi connectivity index (χ0) is 12.3. The minimum absolute atomic E-state index is 0.0614. The molecular formula is C13H13BrFNS. The van der Waals surface area contributed by atoms with Crippen LogP contribution in [-0.4, -0.2) is 6.04 Å². The van der Waals surface area contributed by atoms with Gasteiger partial charge in [0.1, 0.15) is 5.82 Å². The lowest BCUT2D eigenvalue weighted by Crippen LogP contribution is -2.25. The van der Waals surface area contributed by atoms with Crippen LogP contribution >= 0.6 is 27.3 Å². The van der Waals surface area contributed by atoms with Crippen molar-refractivity contribution in [3.8, 4) is 0 Å². The van der Waals surface area contributed by atoms with Gasteiger partial charge in [0.05, 0.1) is 0 Å². The van der Waals surface area contributed by atoms with Crippen molar-refractivity contribution >= 4 is 27.3 Å². The lowest BCUT2D eigenvalue weighted by molar-refractivity contribution is 0.622. The lowest BCUT2D eigenvalue weighted by Gasteiger charge is -2.12. The summed E-state index contributed by atoms with van der Waals surface area (Å²) < 4.78 is 13.7. The van der Waals surface area contributed by atoms with Crippen molar-refractivity contribution in [3.05, 3.63) is 56.4 Å². The van der Waals surface area contributed by atoms with Crippen molar-refractivity contribution in [2.45, 2.75) is 18.9 Å². The fraction of sp³-hybridized carbons (Fsp3) is 0.231. The second-order valence-corrected chi connectivity index (χ2v) is 5.67. The molecule has 0 radical (unpaired) electrons. The molecule has 4 heteroatoms. The van der Waals surface area contributed by atoms with Crippen LogP contribution in [0.5, 0.6) is 0 Å². The van der Waals surface area contributed by atoms with Crippen molar-refractivity contribution in [3.63, 3.8) is 0 Å². The summed E-state index contributed by atoms with van der Waals surface area (Å²) in [6, 6.07) is 6.88. The predicted octanol–water partition coefficient (Wildman–Crippen LogP) is 3.76. The quantitative estimate of drug-likeness (QED) is 0.913. The van der Waals surface area contributed by atoms with E-state index in [4.69, 9.17) is 5.73 Å². The van der Waals surface area contributed by atoms with Gasteiger partial charge in [-0.3, -0.25) is 0 Å². The van der Waals surface area contributed by atoms with E-state index in [0.717, 1.165) is 22.9 Å². The van der Waals surface area contributed by atoms with Gasteiger partial charge in [0, 0.05) is 10.5 Å². The number of hydrogen-bond acceptors (Lipinski definition) is 2. The standard InChI is InChI=1S/C13H13BrFNS/c14-13-7-11(15)2-1-10(13)6-12(16)5-9-3-4-17-8-9/h1-4,7-8,12H,5-6,16H2. The van der Waals surface area contributed by atoms with Crippen LogP contribution in [-0.2, 0) is 12.8 Å². The van der Waals surface area contributed by atoms with E-state index in [0.29, 0.717) is 0 Å². The van der Waals surface area contributed by atoms with Gasteiger partial charge in [-0.25, -0.2) is 4.39 Å². The van der Waals surface area contributed by atoms with Gasteiger partial charge < -0.3 is 5.73 Å². The molecule has 1 aromatic heterocycles. The molecule has 17 heavy (non-hydrogen) atoms. The van der Waals surface area contributed by atoms with E-state index in [1.165, 1.54) is 17.7 Å². The number of nitrogens with two attached hydrogens (primary N) is 1. The molecule has 0 amide bonds. The Bertz CT molecular complexity index is 484. The van der Waals surface area contributed by atoms with Crippen LogP contribution < -0.4 is 5.73 Å². The third kappa shape index (κ3) is 3.63. The normalized spacial score (nSPS) is 12.6. The molecule has 0 saturated carbocycles. The molecule has 0 aliphatic carbocycles. The lowest BCUT2D eigenvalue weighted by atomic mass is 10.0. The van der Waals surface area contributed by atoms with Crippen LogP contribution in [0.2, 0.25) is 0 Å². The van der Waals surface area contributed by atoms with E-state index < -0.39 is 0 Å². The van der Waals surface area contributed by atoms with E-state index in [9.17, 15) is 4.39 Å². The van der Waals surface area contributed by atoms with Gasteiger partial charge in [0.25, 0.3) is 0 Å². The average Bonchev–Trinajstić information content (AvgIpc) is 2.75. The first-order valence-electron chi connectivity index (χ1n) is 5.36. The van der Waals surface area contributed by atoms with Crippen LogP contribution in [0.25, 0.3) is 0 Å². The van der Waals surface area contributed by atoms with Gasteiger partial charge in [-0.1, -0.05) is 22.0 Å². The van der Waals surface area contributed by atoms with Gasteiger partial charge in [-0.05, 0) is 52.9 Å². The second-order valence-electron chi connectivity index (χ2n) is 4.04. The maximum absolute atomic E-state index is 12.9. The summed E-state index contributed by atoms with van der Waals surface area (Å²) in [5.74, 6) is -0.230. The number of benzene rings is 1. The molecule has 0 bridgehead atoms. The zero-order valence-electron chi connectivity index (χ0n) is 9.20. The molecule has 2 N–H and O–H groups in total. The first kappa shape index (κ1) is 12.7. The summed E-state index contributed by atoms with van der Waals surface area (Å²) in [4.78, 5) is 0. The molecule has 1 nitrogen and oxygen atoms in total. The van der Waals surface area contributed by atoms with Crippen LogP contribution in [0.15, 0.2) is 39.5 Å². The molecule has 0 aliphatic heterocycles. The summed E-state index contributed by atoms with van der Waals surface area (Å²) in [5, 5.41) is 4.16. The van der Waals surface area contributed by atoms with Crippen LogP contribution in [0, 0.1) is 5.82 Å². The van der Waals surface area contributed by atoms with Crippen LogP contribution in [0.1, 0.15) is 11.1 Å². The molecule has 1 heterocycles. The summed E-state index contributed by atoms with van der Waals surface area (Å²) in [5.41, 5.74) is 8.41. The van der Waals surface area contributed by atoms with E-state index in [2.05, 4.69) is 32.8 Å². The molecule has 1 aromatic carbocycles. The fourth-order valence-corrected chi connectivity index (χ4v) is 2.95. The molecule has 0 fully saturated rings. The third-order valence-electron chi connectivity index (χ3n) is 2.58. The maximum atomic E-state index is 12.9. The highest BCUT2D eigenvalue weighted by atomic mass is 79.9. The first-order chi connectivity index (χ1) is 8.15. The predicted molar refractivity (Wildman–Crippen MR) is 73.8 cm³/mol.